The highest BCUT2D eigenvalue weighted by Crippen LogP contribution is 2.35. The minimum atomic E-state index is -0.374. The SMILES string of the molecule is COc1ccc(N2C(=O)/C(=C\c3ccco3)N=C2S[C@@H](C)C#N)cc1Cl. The van der Waals surface area contributed by atoms with Gasteiger partial charge in [0.15, 0.2) is 5.17 Å². The topological polar surface area (TPSA) is 78.8 Å². The van der Waals surface area contributed by atoms with Gasteiger partial charge in [-0.3, -0.25) is 9.69 Å². The van der Waals surface area contributed by atoms with Crippen LogP contribution in [-0.2, 0) is 4.79 Å². The van der Waals surface area contributed by atoms with Crippen molar-refractivity contribution in [2.75, 3.05) is 12.0 Å². The van der Waals surface area contributed by atoms with Gasteiger partial charge in [-0.2, -0.15) is 5.26 Å². The predicted octanol–water partition coefficient (Wildman–Crippen LogP) is 4.33. The number of methoxy groups -OCH3 is 1. The number of ether oxygens (including phenoxy) is 1. The third-order valence-corrected chi connectivity index (χ3v) is 4.75. The fourth-order valence-corrected chi connectivity index (χ4v) is 3.36. The molecule has 0 bridgehead atoms. The normalized spacial score (nSPS) is 16.5. The number of halogens is 1. The number of carbonyl (C=O) groups is 1. The lowest BCUT2D eigenvalue weighted by Crippen LogP contribution is -2.31. The lowest BCUT2D eigenvalue weighted by molar-refractivity contribution is -0.113. The molecule has 6 nitrogen and oxygen atoms in total. The summed E-state index contributed by atoms with van der Waals surface area (Å²) in [6.45, 7) is 1.74. The molecule has 1 atom stereocenters. The quantitative estimate of drug-likeness (QED) is 0.729. The zero-order valence-electron chi connectivity index (χ0n) is 14.0. The molecular formula is C18H14ClN3O3S. The summed E-state index contributed by atoms with van der Waals surface area (Å²) in [7, 11) is 1.52. The van der Waals surface area contributed by atoms with E-state index in [4.69, 9.17) is 26.0 Å². The highest BCUT2D eigenvalue weighted by molar-refractivity contribution is 8.15. The molecule has 0 aliphatic carbocycles. The van der Waals surface area contributed by atoms with Crippen LogP contribution >= 0.6 is 23.4 Å². The molecule has 0 radical (unpaired) electrons. The van der Waals surface area contributed by atoms with Crippen LogP contribution in [0.1, 0.15) is 12.7 Å². The highest BCUT2D eigenvalue weighted by Gasteiger charge is 2.33. The van der Waals surface area contributed by atoms with Gasteiger partial charge >= 0.3 is 0 Å². The number of amidine groups is 1. The minimum absolute atomic E-state index is 0.222. The van der Waals surface area contributed by atoms with E-state index in [-0.39, 0.29) is 16.9 Å². The van der Waals surface area contributed by atoms with Crippen molar-refractivity contribution < 1.29 is 13.9 Å². The molecule has 1 amide bonds. The zero-order valence-corrected chi connectivity index (χ0v) is 15.5. The summed E-state index contributed by atoms with van der Waals surface area (Å²) in [6.07, 6.45) is 3.08. The summed E-state index contributed by atoms with van der Waals surface area (Å²) in [5.74, 6) is 0.699. The Morgan fingerprint density at radius 3 is 2.88 bits per heavy atom. The fourth-order valence-electron chi connectivity index (χ4n) is 2.29. The van der Waals surface area contributed by atoms with Gasteiger partial charge in [0, 0.05) is 6.08 Å². The second kappa shape index (κ2) is 7.68. The second-order valence-electron chi connectivity index (χ2n) is 5.29. The summed E-state index contributed by atoms with van der Waals surface area (Å²) < 4.78 is 10.4. The van der Waals surface area contributed by atoms with E-state index in [0.717, 1.165) is 0 Å². The van der Waals surface area contributed by atoms with Crippen molar-refractivity contribution in [2.45, 2.75) is 12.2 Å². The second-order valence-corrected chi connectivity index (χ2v) is 7.00. The van der Waals surface area contributed by atoms with Gasteiger partial charge in [-0.05, 0) is 37.3 Å². The summed E-state index contributed by atoms with van der Waals surface area (Å²) in [4.78, 5) is 18.7. The molecule has 0 fully saturated rings. The van der Waals surface area contributed by atoms with E-state index in [1.807, 2.05) is 0 Å². The first-order valence-corrected chi connectivity index (χ1v) is 8.87. The Labute approximate surface area is 159 Å². The standard InChI is InChI=1S/C18H14ClN3O3S/c1-11(10-20)26-18-21-15(9-13-4-3-7-25-13)17(23)22(18)12-5-6-16(24-2)14(19)8-12/h3-9,11H,1-2H3/b15-9+/t11-/m0/s1. The molecule has 1 aromatic heterocycles. The molecule has 0 spiro atoms. The number of furan rings is 1. The third kappa shape index (κ3) is 3.62. The lowest BCUT2D eigenvalue weighted by atomic mass is 10.2. The van der Waals surface area contributed by atoms with Crippen LogP contribution in [0.15, 0.2) is 51.7 Å². The van der Waals surface area contributed by atoms with Crippen LogP contribution in [0.2, 0.25) is 5.02 Å². The lowest BCUT2D eigenvalue weighted by Gasteiger charge is -2.19. The van der Waals surface area contributed by atoms with Crippen molar-refractivity contribution >= 4 is 46.2 Å². The van der Waals surface area contributed by atoms with Crippen molar-refractivity contribution in [3.63, 3.8) is 0 Å². The van der Waals surface area contributed by atoms with E-state index in [1.165, 1.54) is 30.0 Å². The van der Waals surface area contributed by atoms with E-state index < -0.39 is 0 Å². The number of rotatable bonds is 4. The number of hydrogen-bond donors (Lipinski definition) is 0. The predicted molar refractivity (Wildman–Crippen MR) is 102 cm³/mol. The van der Waals surface area contributed by atoms with E-state index in [2.05, 4.69) is 11.1 Å². The average Bonchev–Trinajstić information content (AvgIpc) is 3.24. The number of aliphatic imine (C=N–C) groups is 1. The van der Waals surface area contributed by atoms with Crippen LogP contribution in [0.5, 0.6) is 5.75 Å². The molecule has 0 N–H and O–H groups in total. The Kier molecular flexibility index (Phi) is 5.35. The third-order valence-electron chi connectivity index (χ3n) is 3.51. The van der Waals surface area contributed by atoms with Crippen LogP contribution in [0.4, 0.5) is 5.69 Å². The molecule has 3 rings (SSSR count). The molecular weight excluding hydrogens is 374 g/mol. The summed E-state index contributed by atoms with van der Waals surface area (Å²) in [5, 5.41) is 9.51. The van der Waals surface area contributed by atoms with Gasteiger partial charge < -0.3 is 9.15 Å². The van der Waals surface area contributed by atoms with Gasteiger partial charge in [-0.1, -0.05) is 23.4 Å². The monoisotopic (exact) mass is 387 g/mol. The minimum Gasteiger partial charge on any atom is -0.495 e. The van der Waals surface area contributed by atoms with Crippen molar-refractivity contribution in [1.29, 1.82) is 5.26 Å². The Bertz CT molecular complexity index is 932. The van der Waals surface area contributed by atoms with E-state index >= 15 is 0 Å². The summed E-state index contributed by atoms with van der Waals surface area (Å²) in [6, 6.07) is 10.6. The van der Waals surface area contributed by atoms with Crippen LogP contribution < -0.4 is 9.64 Å². The number of carbonyl (C=O) groups excluding carboxylic acids is 1. The molecule has 0 saturated carbocycles. The van der Waals surface area contributed by atoms with E-state index in [0.29, 0.717) is 27.4 Å². The van der Waals surface area contributed by atoms with Crippen LogP contribution in [0.25, 0.3) is 6.08 Å². The largest absolute Gasteiger partial charge is 0.495 e. The van der Waals surface area contributed by atoms with Crippen LogP contribution in [0, 0.1) is 11.3 Å². The number of anilines is 1. The van der Waals surface area contributed by atoms with Crippen molar-refractivity contribution in [2.24, 2.45) is 4.99 Å². The molecule has 0 unspecified atom stereocenters. The zero-order chi connectivity index (χ0) is 18.7. The van der Waals surface area contributed by atoms with Gasteiger partial charge in [-0.15, -0.1) is 0 Å². The molecule has 8 heteroatoms. The number of benzene rings is 1. The van der Waals surface area contributed by atoms with Gasteiger partial charge in [0.25, 0.3) is 5.91 Å². The van der Waals surface area contributed by atoms with E-state index in [9.17, 15) is 4.79 Å². The smallest absolute Gasteiger partial charge is 0.283 e. The molecule has 0 saturated heterocycles. The average molecular weight is 388 g/mol. The van der Waals surface area contributed by atoms with Crippen molar-refractivity contribution in [3.8, 4) is 11.8 Å². The van der Waals surface area contributed by atoms with E-state index in [1.54, 1.807) is 43.3 Å². The maximum Gasteiger partial charge on any atom is 0.283 e. The maximum atomic E-state index is 12.9. The van der Waals surface area contributed by atoms with Gasteiger partial charge in [-0.25, -0.2) is 4.99 Å². The van der Waals surface area contributed by atoms with Crippen LogP contribution in [0.3, 0.4) is 0 Å². The molecule has 1 aliphatic heterocycles. The maximum absolute atomic E-state index is 12.9. The number of nitrogens with zero attached hydrogens (tertiary/aromatic N) is 3. The van der Waals surface area contributed by atoms with Gasteiger partial charge in [0.05, 0.1) is 35.4 Å². The molecule has 2 heterocycles. The number of thioether (sulfide) groups is 1. The number of amides is 1. The Hall–Kier alpha value is -2.69. The van der Waals surface area contributed by atoms with Crippen molar-refractivity contribution in [1.82, 2.24) is 0 Å². The fraction of sp³-hybridized carbons (Fsp3) is 0.167. The number of nitriles is 1. The Morgan fingerprint density at radius 1 is 1.46 bits per heavy atom. The van der Waals surface area contributed by atoms with Gasteiger partial charge in [0.1, 0.15) is 17.2 Å². The van der Waals surface area contributed by atoms with Crippen molar-refractivity contribution in [3.05, 3.63) is 53.1 Å². The Balaban J connectivity index is 2.01. The molecule has 1 aliphatic rings. The molecule has 26 heavy (non-hydrogen) atoms. The number of hydrogen-bond acceptors (Lipinski definition) is 6. The summed E-state index contributed by atoms with van der Waals surface area (Å²) in [5.41, 5.74) is 0.763. The molecule has 2 aromatic rings. The van der Waals surface area contributed by atoms with Crippen LogP contribution in [-0.4, -0.2) is 23.4 Å². The molecule has 1 aromatic carbocycles. The first kappa shape index (κ1) is 18.1. The first-order chi connectivity index (χ1) is 12.5. The molecule has 132 valence electrons. The van der Waals surface area contributed by atoms with Gasteiger partial charge in [0.2, 0.25) is 0 Å². The Morgan fingerprint density at radius 2 is 2.27 bits per heavy atom. The first-order valence-electron chi connectivity index (χ1n) is 7.61. The summed E-state index contributed by atoms with van der Waals surface area (Å²) >= 11 is 7.39. The highest BCUT2D eigenvalue weighted by atomic mass is 35.5.